The lowest BCUT2D eigenvalue weighted by Gasteiger charge is -2.62. The van der Waals surface area contributed by atoms with Crippen molar-refractivity contribution in [2.24, 2.45) is 68.0 Å². The fourth-order valence-corrected chi connectivity index (χ4v) is 17.4. The van der Waals surface area contributed by atoms with Gasteiger partial charge < -0.3 is 46.0 Å². The highest BCUT2D eigenvalue weighted by Gasteiger charge is 2.62. The van der Waals surface area contributed by atoms with Gasteiger partial charge >= 0.3 is 0 Å². The molecule has 0 aromatic rings. The van der Waals surface area contributed by atoms with Gasteiger partial charge in [-0.2, -0.15) is 0 Å². The van der Waals surface area contributed by atoms with E-state index in [2.05, 4.69) is 61.3 Å². The van der Waals surface area contributed by atoms with Gasteiger partial charge in [0, 0.05) is 21.3 Å². The highest BCUT2D eigenvalue weighted by atomic mass is 16.3. The molecule has 0 heterocycles. The van der Waals surface area contributed by atoms with E-state index in [1.54, 1.807) is 0 Å². The Balaban J connectivity index is 0.000000204. The molecule has 9 aliphatic rings. The van der Waals surface area contributed by atoms with Crippen LogP contribution < -0.4 is 0 Å². The van der Waals surface area contributed by atoms with Crippen LogP contribution in [0.15, 0.2) is 36.5 Å². The van der Waals surface area contributed by atoms with E-state index in [0.29, 0.717) is 51.8 Å². The van der Waals surface area contributed by atoms with Crippen molar-refractivity contribution >= 4 is 0 Å². The van der Waals surface area contributed by atoms with Crippen molar-refractivity contribution in [3.05, 3.63) is 36.5 Å². The van der Waals surface area contributed by atoms with E-state index in [9.17, 15) is 30.6 Å². The molecule has 0 aromatic heterocycles. The molecule has 9 aliphatic carbocycles. The van der Waals surface area contributed by atoms with Crippen molar-refractivity contribution in [3.8, 4) is 0 Å². The van der Waals surface area contributed by atoms with Gasteiger partial charge in [-0.25, -0.2) is 0 Å². The molecule has 0 aromatic carbocycles. The normalized spacial score (nSPS) is 51.2. The van der Waals surface area contributed by atoms with E-state index in [1.165, 1.54) is 19.3 Å². The molecule has 0 bridgehead atoms. The van der Waals surface area contributed by atoms with Crippen LogP contribution >= 0.6 is 0 Å². The Morgan fingerprint density at radius 2 is 0.545 bits per heavy atom. The maximum Gasteiger partial charge on any atom is 0.0753 e. The Hall–Kier alpha value is -1.14. The Labute approximate surface area is 402 Å². The fourth-order valence-electron chi connectivity index (χ4n) is 17.4. The van der Waals surface area contributed by atoms with Crippen molar-refractivity contribution in [3.63, 3.8) is 0 Å². The van der Waals surface area contributed by atoms with Crippen LogP contribution in [0.3, 0.4) is 0 Å². The summed E-state index contributed by atoms with van der Waals surface area (Å²) in [6.07, 6.45) is 20.9. The van der Waals surface area contributed by atoms with E-state index >= 15 is 0 Å². The zero-order valence-corrected chi connectivity index (χ0v) is 44.2. The van der Waals surface area contributed by atoms with Gasteiger partial charge in [0.1, 0.15) is 0 Å². The molecule has 0 aliphatic heterocycles. The third kappa shape index (κ3) is 10.4. The first-order chi connectivity index (χ1) is 30.6. The summed E-state index contributed by atoms with van der Waals surface area (Å²) in [7, 11) is 3.00. The van der Waals surface area contributed by atoms with Gasteiger partial charge in [0.15, 0.2) is 0 Å². The summed E-state index contributed by atoms with van der Waals surface area (Å²) >= 11 is 0. The lowest BCUT2D eigenvalue weighted by atomic mass is 9.43. The van der Waals surface area contributed by atoms with Gasteiger partial charge in [-0.15, -0.1) is 0 Å². The number of hydrogen-bond donors (Lipinski definition) is 9. The van der Waals surface area contributed by atoms with E-state index in [1.807, 2.05) is 20.8 Å². The molecule has 9 heteroatoms. The van der Waals surface area contributed by atoms with Crippen molar-refractivity contribution < 1.29 is 46.0 Å². The van der Waals surface area contributed by atoms with Crippen LogP contribution in [0.2, 0.25) is 0 Å². The molecule has 0 amide bonds. The summed E-state index contributed by atoms with van der Waals surface area (Å²) in [4.78, 5) is 0. The maximum absolute atomic E-state index is 10.4. The molecular weight excluding hydrogens is 829 g/mol. The minimum absolute atomic E-state index is 0.103. The Bertz CT molecular complexity index is 1480. The highest BCUT2D eigenvalue weighted by molar-refractivity contribution is 5.26. The van der Waals surface area contributed by atoms with Gasteiger partial charge in [-0.3, -0.25) is 0 Å². The number of aliphatic hydroxyl groups excluding tert-OH is 6. The third-order valence-electron chi connectivity index (χ3n) is 21.8. The smallest absolute Gasteiger partial charge is 0.0753 e. The second-order valence-electron chi connectivity index (χ2n) is 25.6. The van der Waals surface area contributed by atoms with Gasteiger partial charge in [0.05, 0.1) is 35.1 Å². The quantitative estimate of drug-likeness (QED) is 0.107. The summed E-state index contributed by atoms with van der Waals surface area (Å²) in [5, 5.41) is 82.9. The van der Waals surface area contributed by atoms with Gasteiger partial charge in [-0.1, -0.05) is 61.3 Å². The van der Waals surface area contributed by atoms with Crippen molar-refractivity contribution in [2.75, 3.05) is 21.3 Å². The largest absolute Gasteiger partial charge is 0.400 e. The van der Waals surface area contributed by atoms with E-state index in [-0.39, 0.29) is 34.6 Å². The first kappa shape index (κ1) is 57.4. The third-order valence-corrected chi connectivity index (χ3v) is 21.8. The molecule has 18 atom stereocenters. The van der Waals surface area contributed by atoms with Gasteiger partial charge in [-0.05, 0) is 240 Å². The Kier molecular flexibility index (Phi) is 18.2. The average Bonchev–Trinajstić information content (AvgIpc) is 3.27. The van der Waals surface area contributed by atoms with Crippen molar-refractivity contribution in [1.82, 2.24) is 0 Å². The average molecular weight is 931 g/mol. The first-order valence-corrected chi connectivity index (χ1v) is 26.2. The number of aliphatic hydroxyl groups is 9. The molecule has 66 heavy (non-hydrogen) atoms. The van der Waals surface area contributed by atoms with Crippen LogP contribution in [-0.4, -0.2) is 102 Å². The molecular formula is C57H102O9. The standard InChI is InChI=1S/3C18H30O2.3CH4O/c3*1-12-14(19)5-6-15-17(12,3)8-7-13-11-16(2,20)9-10-18(13,15)4;3*1-2/h3*13-15,19-20H,1,5-11H2,2-4H3;3*2H,1H3/t3*13-,14+,15-,16-,17-,18-;;;/m000.../s1. The molecule has 9 N–H and O–H groups in total. The molecule has 9 saturated carbocycles. The van der Waals surface area contributed by atoms with Crippen molar-refractivity contribution in [2.45, 2.75) is 232 Å². The number of fused-ring (bicyclic) bond motifs is 9. The summed E-state index contributed by atoms with van der Waals surface area (Å²) in [6, 6.07) is 0. The zero-order chi connectivity index (χ0) is 50.3. The summed E-state index contributed by atoms with van der Waals surface area (Å²) in [5.74, 6) is 3.77. The predicted octanol–water partition coefficient (Wildman–Crippen LogP) is 9.84. The molecule has 0 spiro atoms. The number of hydrogen-bond acceptors (Lipinski definition) is 9. The Morgan fingerprint density at radius 1 is 0.333 bits per heavy atom. The molecule has 9 fully saturated rings. The molecule has 0 unspecified atom stereocenters. The lowest BCUT2D eigenvalue weighted by Crippen LogP contribution is -2.56. The monoisotopic (exact) mass is 931 g/mol. The van der Waals surface area contributed by atoms with Crippen LogP contribution in [0.25, 0.3) is 0 Å². The lowest BCUT2D eigenvalue weighted by molar-refractivity contribution is -0.138. The van der Waals surface area contributed by atoms with Crippen molar-refractivity contribution in [1.29, 1.82) is 0 Å². The molecule has 0 saturated heterocycles. The van der Waals surface area contributed by atoms with Crippen LogP contribution in [-0.2, 0) is 0 Å². The Morgan fingerprint density at radius 3 is 0.758 bits per heavy atom. The molecule has 9 nitrogen and oxygen atoms in total. The summed E-state index contributed by atoms with van der Waals surface area (Å²) in [5.41, 5.74) is 3.08. The van der Waals surface area contributed by atoms with E-state index in [0.717, 1.165) is 154 Å². The van der Waals surface area contributed by atoms with Crippen LogP contribution in [0, 0.1) is 68.0 Å². The SMILES string of the molecule is C=C1[C@H](O)CC[C@@H]2[C@@]3(C)CC[C@](C)(O)C[C@@H]3CC[C@@]12C.C=C1[C@H](O)CC[C@@H]2[C@@]3(C)CC[C@](C)(O)C[C@@H]3CC[C@@]12C.C=C1[C@H](O)CC[C@@H]2[C@@]3(C)CC[C@](C)(O)C[C@@H]3CC[C@@]12C.CO.CO.CO. The van der Waals surface area contributed by atoms with E-state index in [4.69, 9.17) is 15.3 Å². The highest BCUT2D eigenvalue weighted by Crippen LogP contribution is 2.68. The molecule has 9 rings (SSSR count). The fraction of sp³-hybridized carbons (Fsp3) is 0.895. The van der Waals surface area contributed by atoms with Crippen LogP contribution in [0.4, 0.5) is 0 Å². The van der Waals surface area contributed by atoms with Gasteiger partial charge in [0.2, 0.25) is 0 Å². The maximum atomic E-state index is 10.4. The van der Waals surface area contributed by atoms with Crippen LogP contribution in [0.1, 0.15) is 197 Å². The zero-order valence-electron chi connectivity index (χ0n) is 44.2. The summed E-state index contributed by atoms with van der Waals surface area (Å²) in [6.45, 7) is 33.1. The minimum atomic E-state index is -0.469. The first-order valence-electron chi connectivity index (χ1n) is 26.2. The van der Waals surface area contributed by atoms with Crippen LogP contribution in [0.5, 0.6) is 0 Å². The minimum Gasteiger partial charge on any atom is -0.400 e. The summed E-state index contributed by atoms with van der Waals surface area (Å²) < 4.78 is 0. The second-order valence-corrected chi connectivity index (χ2v) is 25.6. The molecule has 0 radical (unpaired) electrons. The second kappa shape index (κ2) is 20.9. The van der Waals surface area contributed by atoms with Gasteiger partial charge in [0.25, 0.3) is 0 Å². The number of rotatable bonds is 0. The topological polar surface area (TPSA) is 182 Å². The predicted molar refractivity (Wildman–Crippen MR) is 268 cm³/mol. The molecule has 384 valence electrons. The van der Waals surface area contributed by atoms with E-state index < -0.39 is 16.8 Å².